The van der Waals surface area contributed by atoms with E-state index in [4.69, 9.17) is 27.9 Å². The summed E-state index contributed by atoms with van der Waals surface area (Å²) in [5.41, 5.74) is 2.70. The van der Waals surface area contributed by atoms with Crippen molar-refractivity contribution in [2.45, 2.75) is 20.1 Å². The zero-order valence-electron chi connectivity index (χ0n) is 10.5. The summed E-state index contributed by atoms with van der Waals surface area (Å²) in [6, 6.07) is 11.1. The molecule has 1 N–H and O–H groups in total. The first-order chi connectivity index (χ1) is 9.11. The highest BCUT2D eigenvalue weighted by molar-refractivity contribution is 6.42. The van der Waals surface area contributed by atoms with E-state index in [2.05, 4.69) is 0 Å². The number of aliphatic hydroxyl groups is 1. The highest BCUT2D eigenvalue weighted by Gasteiger charge is 2.07. The van der Waals surface area contributed by atoms with Crippen molar-refractivity contribution in [3.8, 4) is 5.75 Å². The third-order valence-corrected chi connectivity index (χ3v) is 3.57. The van der Waals surface area contributed by atoms with E-state index in [-0.39, 0.29) is 6.61 Å². The fourth-order valence-electron chi connectivity index (χ4n) is 1.83. The Bertz CT molecular complexity index is 582. The second-order valence-corrected chi connectivity index (χ2v) is 5.07. The van der Waals surface area contributed by atoms with Gasteiger partial charge in [-0.2, -0.15) is 0 Å². The van der Waals surface area contributed by atoms with Crippen LogP contribution in [0.5, 0.6) is 5.75 Å². The van der Waals surface area contributed by atoms with Crippen molar-refractivity contribution in [1.82, 2.24) is 0 Å². The van der Waals surface area contributed by atoms with Gasteiger partial charge in [-0.15, -0.1) is 0 Å². The molecule has 0 aliphatic carbocycles. The molecule has 2 rings (SSSR count). The number of hydrogen-bond acceptors (Lipinski definition) is 2. The predicted molar refractivity (Wildman–Crippen MR) is 77.9 cm³/mol. The minimum atomic E-state index is -0.0433. The number of ether oxygens (including phenoxy) is 1. The van der Waals surface area contributed by atoms with Crippen LogP contribution in [0.4, 0.5) is 0 Å². The van der Waals surface area contributed by atoms with Crippen molar-refractivity contribution in [2.24, 2.45) is 0 Å². The highest BCUT2D eigenvalue weighted by Crippen LogP contribution is 2.26. The van der Waals surface area contributed by atoms with Crippen molar-refractivity contribution < 1.29 is 9.84 Å². The predicted octanol–water partition coefficient (Wildman–Crippen LogP) is 4.37. The first-order valence-electron chi connectivity index (χ1n) is 5.88. The largest absolute Gasteiger partial charge is 0.488 e. The van der Waals surface area contributed by atoms with E-state index in [0.29, 0.717) is 16.7 Å². The molecular formula is C15H14Cl2O2. The molecule has 100 valence electrons. The molecule has 0 unspecified atom stereocenters. The molecule has 4 heteroatoms. The lowest BCUT2D eigenvalue weighted by atomic mass is 10.1. The lowest BCUT2D eigenvalue weighted by molar-refractivity contribution is 0.258. The van der Waals surface area contributed by atoms with Crippen LogP contribution in [-0.2, 0) is 13.2 Å². The van der Waals surface area contributed by atoms with Gasteiger partial charge in [0.1, 0.15) is 12.4 Å². The zero-order chi connectivity index (χ0) is 13.8. The Labute approximate surface area is 122 Å². The van der Waals surface area contributed by atoms with Crippen molar-refractivity contribution in [3.05, 3.63) is 63.1 Å². The molecule has 0 saturated carbocycles. The van der Waals surface area contributed by atoms with Crippen LogP contribution >= 0.6 is 23.2 Å². The molecule has 0 amide bonds. The van der Waals surface area contributed by atoms with E-state index in [1.165, 1.54) is 0 Å². The molecule has 0 fully saturated rings. The van der Waals surface area contributed by atoms with Crippen LogP contribution in [0.25, 0.3) is 0 Å². The Morgan fingerprint density at radius 3 is 2.58 bits per heavy atom. The Balaban J connectivity index is 2.16. The Morgan fingerprint density at radius 1 is 1.11 bits per heavy atom. The molecule has 0 aromatic heterocycles. The SMILES string of the molecule is Cc1cccc(CO)c1OCc1ccc(Cl)c(Cl)c1. The van der Waals surface area contributed by atoms with Gasteiger partial charge in [-0.3, -0.25) is 0 Å². The maximum atomic E-state index is 9.30. The van der Waals surface area contributed by atoms with E-state index in [1.807, 2.05) is 31.2 Å². The monoisotopic (exact) mass is 296 g/mol. The van der Waals surface area contributed by atoms with Crippen molar-refractivity contribution in [3.63, 3.8) is 0 Å². The van der Waals surface area contributed by atoms with Gasteiger partial charge in [0.05, 0.1) is 16.7 Å². The number of rotatable bonds is 4. The number of aliphatic hydroxyl groups excluding tert-OH is 1. The number of halogens is 2. The van der Waals surface area contributed by atoms with Crippen LogP contribution in [0.1, 0.15) is 16.7 Å². The first kappa shape index (κ1) is 14.2. The van der Waals surface area contributed by atoms with Gasteiger partial charge in [-0.1, -0.05) is 47.5 Å². The summed E-state index contributed by atoms with van der Waals surface area (Å²) in [6.45, 7) is 2.29. The van der Waals surface area contributed by atoms with Crippen molar-refractivity contribution >= 4 is 23.2 Å². The second kappa shape index (κ2) is 6.29. The molecule has 0 spiro atoms. The van der Waals surface area contributed by atoms with Crippen LogP contribution in [0.15, 0.2) is 36.4 Å². The maximum Gasteiger partial charge on any atom is 0.128 e. The average Bonchev–Trinajstić information content (AvgIpc) is 2.41. The second-order valence-electron chi connectivity index (χ2n) is 4.26. The van der Waals surface area contributed by atoms with E-state index >= 15 is 0 Å². The Kier molecular flexibility index (Phi) is 4.70. The quantitative estimate of drug-likeness (QED) is 0.908. The summed E-state index contributed by atoms with van der Waals surface area (Å²) in [4.78, 5) is 0. The van der Waals surface area contributed by atoms with Gasteiger partial charge in [0, 0.05) is 5.56 Å². The standard InChI is InChI=1S/C15H14Cl2O2/c1-10-3-2-4-12(8-18)15(10)19-9-11-5-6-13(16)14(17)7-11/h2-7,18H,8-9H2,1H3. The van der Waals surface area contributed by atoms with Gasteiger partial charge in [-0.05, 0) is 30.2 Å². The molecule has 0 heterocycles. The van der Waals surface area contributed by atoms with E-state index < -0.39 is 0 Å². The molecule has 19 heavy (non-hydrogen) atoms. The topological polar surface area (TPSA) is 29.5 Å². The Hall–Kier alpha value is -1.22. The molecule has 2 aromatic carbocycles. The van der Waals surface area contributed by atoms with E-state index in [9.17, 15) is 5.11 Å². The summed E-state index contributed by atoms with van der Waals surface area (Å²) < 4.78 is 5.78. The minimum Gasteiger partial charge on any atom is -0.488 e. The van der Waals surface area contributed by atoms with Crippen LogP contribution in [0.2, 0.25) is 10.0 Å². The summed E-state index contributed by atoms with van der Waals surface area (Å²) in [7, 11) is 0. The third kappa shape index (κ3) is 3.41. The van der Waals surface area contributed by atoms with Gasteiger partial charge < -0.3 is 9.84 Å². The normalized spacial score (nSPS) is 10.5. The average molecular weight is 297 g/mol. The fourth-order valence-corrected chi connectivity index (χ4v) is 2.15. The summed E-state index contributed by atoms with van der Waals surface area (Å²) in [5.74, 6) is 0.719. The van der Waals surface area contributed by atoms with E-state index in [1.54, 1.807) is 12.1 Å². The molecule has 0 bridgehead atoms. The fraction of sp³-hybridized carbons (Fsp3) is 0.200. The molecule has 2 nitrogen and oxygen atoms in total. The molecule has 0 radical (unpaired) electrons. The maximum absolute atomic E-state index is 9.30. The van der Waals surface area contributed by atoms with Gasteiger partial charge in [0.25, 0.3) is 0 Å². The van der Waals surface area contributed by atoms with Crippen LogP contribution < -0.4 is 4.74 Å². The Morgan fingerprint density at radius 2 is 1.89 bits per heavy atom. The number of hydrogen-bond donors (Lipinski definition) is 1. The van der Waals surface area contributed by atoms with Crippen molar-refractivity contribution in [1.29, 1.82) is 0 Å². The molecule has 0 atom stereocenters. The lowest BCUT2D eigenvalue weighted by Gasteiger charge is -2.13. The molecule has 0 aliphatic heterocycles. The van der Waals surface area contributed by atoms with Gasteiger partial charge in [0.15, 0.2) is 0 Å². The summed E-state index contributed by atoms with van der Waals surface area (Å²) >= 11 is 11.8. The van der Waals surface area contributed by atoms with Crippen molar-refractivity contribution in [2.75, 3.05) is 0 Å². The van der Waals surface area contributed by atoms with Crippen LogP contribution in [0, 0.1) is 6.92 Å². The van der Waals surface area contributed by atoms with Crippen LogP contribution in [0.3, 0.4) is 0 Å². The molecule has 0 saturated heterocycles. The summed E-state index contributed by atoms with van der Waals surface area (Å²) in [5, 5.41) is 10.3. The smallest absolute Gasteiger partial charge is 0.128 e. The number of benzene rings is 2. The lowest BCUT2D eigenvalue weighted by Crippen LogP contribution is -2.00. The van der Waals surface area contributed by atoms with E-state index in [0.717, 1.165) is 22.4 Å². The van der Waals surface area contributed by atoms with Crippen LogP contribution in [-0.4, -0.2) is 5.11 Å². The van der Waals surface area contributed by atoms with Gasteiger partial charge in [-0.25, -0.2) is 0 Å². The minimum absolute atomic E-state index is 0.0433. The molecular weight excluding hydrogens is 283 g/mol. The number of para-hydroxylation sites is 1. The molecule has 0 aliphatic rings. The number of aryl methyl sites for hydroxylation is 1. The zero-order valence-corrected chi connectivity index (χ0v) is 12.0. The van der Waals surface area contributed by atoms with Gasteiger partial charge in [0.2, 0.25) is 0 Å². The molecule has 2 aromatic rings. The first-order valence-corrected chi connectivity index (χ1v) is 6.63. The highest BCUT2D eigenvalue weighted by atomic mass is 35.5. The third-order valence-electron chi connectivity index (χ3n) is 2.83. The summed E-state index contributed by atoms with van der Waals surface area (Å²) in [6.07, 6.45) is 0. The van der Waals surface area contributed by atoms with Gasteiger partial charge >= 0.3 is 0 Å².